The molecule has 2 N–H and O–H groups in total. The lowest BCUT2D eigenvalue weighted by molar-refractivity contribution is -0.161. The van der Waals surface area contributed by atoms with E-state index in [0.717, 1.165) is 135 Å². The van der Waals surface area contributed by atoms with E-state index in [2.05, 4.69) is 142 Å². The zero-order valence-corrected chi connectivity index (χ0v) is 49.7. The Morgan fingerprint density at radius 2 is 0.718 bits per heavy atom. The van der Waals surface area contributed by atoms with Crippen LogP contribution in [-0.2, 0) is 42.2 Å². The van der Waals surface area contributed by atoms with Gasteiger partial charge in [0.25, 0.3) is 0 Å². The van der Waals surface area contributed by atoms with Gasteiger partial charge in [-0.15, -0.1) is 0 Å². The molecule has 0 aliphatic rings. The van der Waals surface area contributed by atoms with E-state index in [1.807, 2.05) is 12.2 Å². The molecule has 0 amide bonds. The van der Waals surface area contributed by atoms with Crippen molar-refractivity contribution >= 4 is 25.7 Å². The predicted octanol–water partition coefficient (Wildman–Crippen LogP) is 18.1. The first-order valence-electron chi connectivity index (χ1n) is 30.1. The summed E-state index contributed by atoms with van der Waals surface area (Å²) in [4.78, 5) is 48.6. The second kappa shape index (κ2) is 58.8. The molecule has 0 aromatic heterocycles. The quantitative estimate of drug-likeness (QED) is 0.0197. The molecule has 0 spiro atoms. The van der Waals surface area contributed by atoms with E-state index < -0.39 is 57.8 Å². The fourth-order valence-electron chi connectivity index (χ4n) is 7.48. The van der Waals surface area contributed by atoms with Crippen molar-refractivity contribution in [3.05, 3.63) is 134 Å². The Balaban J connectivity index is 4.89. The lowest BCUT2D eigenvalue weighted by atomic mass is 10.1. The smallest absolute Gasteiger partial charge is 0.462 e. The molecule has 12 heteroatoms. The summed E-state index contributed by atoms with van der Waals surface area (Å²) in [6.45, 7) is 4.31. The molecule has 0 aliphatic carbocycles. The van der Waals surface area contributed by atoms with Gasteiger partial charge in [-0.2, -0.15) is 0 Å². The monoisotopic (exact) mass is 1110 g/mol. The number of aliphatic hydroxyl groups excluding tert-OH is 1. The molecule has 0 aromatic rings. The van der Waals surface area contributed by atoms with Gasteiger partial charge in [0.1, 0.15) is 12.7 Å². The largest absolute Gasteiger partial charge is 0.472 e. The summed E-state index contributed by atoms with van der Waals surface area (Å²) < 4.78 is 39.5. The number of rotatable bonds is 54. The predicted molar refractivity (Wildman–Crippen MR) is 325 cm³/mol. The lowest BCUT2D eigenvalue weighted by Gasteiger charge is -2.21. The Kier molecular flexibility index (Phi) is 55.5. The maximum absolute atomic E-state index is 12.9. The molecule has 3 unspecified atom stereocenters. The van der Waals surface area contributed by atoms with Crippen LogP contribution in [0.15, 0.2) is 134 Å². The van der Waals surface area contributed by atoms with Crippen LogP contribution in [-0.4, -0.2) is 66.5 Å². The van der Waals surface area contributed by atoms with Crippen LogP contribution in [0.3, 0.4) is 0 Å². The molecule has 3 atom stereocenters. The highest BCUT2D eigenvalue weighted by atomic mass is 31.2. The van der Waals surface area contributed by atoms with Gasteiger partial charge >= 0.3 is 25.7 Å². The van der Waals surface area contributed by atoms with Gasteiger partial charge in [0.05, 0.1) is 19.8 Å². The standard InChI is InChI=1S/C66H107O11P/c1-4-7-10-13-16-19-22-25-27-29-31-33-35-38-40-43-46-49-52-55-64(68)73-59-63(77-66(70)57-54-51-48-45-42-39-36-34-32-30-28-26-23-20-17-14-11-8-5-2)61-75-78(71,72)74-60-62(58-67)76-65(69)56-53-50-47-44-41-37-24-21-18-15-12-9-6-3/h8,11-12,15-17,19-21,24-28,31-34,39,42,48,51,62-63,67H,4-7,9-10,13-14,18,22-23,29-30,35-38,40-41,43-47,49-50,52-61H2,1-3H3,(H,71,72)/b11-8-,15-12-,19-16-,20-17-,24-21-,27-25-,28-26-,33-31-,34-32-,42-39-,51-48-. The number of phosphoric acid groups is 1. The number of esters is 3. The van der Waals surface area contributed by atoms with Gasteiger partial charge in [0, 0.05) is 19.3 Å². The highest BCUT2D eigenvalue weighted by Gasteiger charge is 2.28. The van der Waals surface area contributed by atoms with Crippen LogP contribution in [0.1, 0.15) is 226 Å². The van der Waals surface area contributed by atoms with E-state index in [0.29, 0.717) is 25.7 Å². The number of aliphatic hydroxyl groups is 1. The maximum atomic E-state index is 12.9. The molecule has 78 heavy (non-hydrogen) atoms. The molecule has 0 fully saturated rings. The van der Waals surface area contributed by atoms with Crippen molar-refractivity contribution < 1.29 is 52.2 Å². The molecule has 0 radical (unpaired) electrons. The Hall–Kier alpha value is -4.38. The normalized spacial score (nSPS) is 14.3. The van der Waals surface area contributed by atoms with Gasteiger partial charge in [0.15, 0.2) is 6.10 Å². The van der Waals surface area contributed by atoms with Crippen molar-refractivity contribution in [3.8, 4) is 0 Å². The number of allylic oxidation sites excluding steroid dienone is 22. The van der Waals surface area contributed by atoms with E-state index in [9.17, 15) is 28.9 Å². The number of carbonyl (C=O) groups excluding carboxylic acids is 3. The molecule has 0 aromatic carbocycles. The van der Waals surface area contributed by atoms with Gasteiger partial charge in [-0.3, -0.25) is 23.4 Å². The Labute approximate surface area is 474 Å². The Morgan fingerprint density at radius 1 is 0.372 bits per heavy atom. The number of hydrogen-bond donors (Lipinski definition) is 2. The molecule has 0 saturated carbocycles. The van der Waals surface area contributed by atoms with Crippen LogP contribution in [0.25, 0.3) is 0 Å². The number of phosphoric ester groups is 1. The average molecular weight is 1110 g/mol. The van der Waals surface area contributed by atoms with Crippen molar-refractivity contribution in [1.82, 2.24) is 0 Å². The third kappa shape index (κ3) is 56.3. The first-order chi connectivity index (χ1) is 38.2. The fourth-order valence-corrected chi connectivity index (χ4v) is 8.27. The van der Waals surface area contributed by atoms with Crippen molar-refractivity contribution in [1.29, 1.82) is 0 Å². The van der Waals surface area contributed by atoms with Crippen LogP contribution in [0.5, 0.6) is 0 Å². The van der Waals surface area contributed by atoms with Gasteiger partial charge < -0.3 is 24.2 Å². The zero-order valence-electron chi connectivity index (χ0n) is 48.8. The van der Waals surface area contributed by atoms with Crippen LogP contribution in [0.2, 0.25) is 0 Å². The number of unbranched alkanes of at least 4 members (excludes halogenated alkanes) is 15. The van der Waals surface area contributed by atoms with Crippen molar-refractivity contribution in [2.45, 2.75) is 238 Å². The van der Waals surface area contributed by atoms with Gasteiger partial charge in [-0.1, -0.05) is 219 Å². The summed E-state index contributed by atoms with van der Waals surface area (Å²) in [5, 5.41) is 9.82. The Bertz CT molecular complexity index is 1820. The fraction of sp³-hybridized carbons (Fsp3) is 0.621. The third-order valence-electron chi connectivity index (χ3n) is 12.0. The van der Waals surface area contributed by atoms with Crippen LogP contribution in [0, 0.1) is 0 Å². The minimum atomic E-state index is -4.79. The zero-order chi connectivity index (χ0) is 56.9. The molecular formula is C66H107O11P. The van der Waals surface area contributed by atoms with Gasteiger partial charge in [-0.25, -0.2) is 4.57 Å². The summed E-state index contributed by atoms with van der Waals surface area (Å²) in [5.74, 6) is -1.61. The van der Waals surface area contributed by atoms with Crippen LogP contribution >= 0.6 is 7.82 Å². The lowest BCUT2D eigenvalue weighted by Crippen LogP contribution is -2.30. The molecule has 0 bridgehead atoms. The maximum Gasteiger partial charge on any atom is 0.472 e. The van der Waals surface area contributed by atoms with Crippen LogP contribution in [0.4, 0.5) is 0 Å². The minimum absolute atomic E-state index is 0.0313. The summed E-state index contributed by atoms with van der Waals surface area (Å²) in [6, 6.07) is 0. The van der Waals surface area contributed by atoms with Crippen molar-refractivity contribution in [3.63, 3.8) is 0 Å². The van der Waals surface area contributed by atoms with Crippen molar-refractivity contribution in [2.24, 2.45) is 0 Å². The van der Waals surface area contributed by atoms with E-state index in [1.54, 1.807) is 0 Å². The molecule has 0 heterocycles. The molecule has 0 saturated heterocycles. The van der Waals surface area contributed by atoms with Crippen LogP contribution < -0.4 is 0 Å². The average Bonchev–Trinajstić information content (AvgIpc) is 3.43. The van der Waals surface area contributed by atoms with E-state index in [4.69, 9.17) is 23.3 Å². The SMILES string of the molecule is CC/C=C\C/C=C\C/C=C\C/C=C\C/C=C\C/C=C\CCC(=O)OC(COC(=O)CCCCCCCC/C=C\C/C=C\C/C=C\CCCCC)COP(=O)(O)OCC(CO)OC(=O)CCCCCCC/C=C\C/C=C\CCC. The first-order valence-corrected chi connectivity index (χ1v) is 31.6. The molecule has 442 valence electrons. The summed E-state index contributed by atoms with van der Waals surface area (Å²) in [5.41, 5.74) is 0. The summed E-state index contributed by atoms with van der Waals surface area (Å²) >= 11 is 0. The molecule has 0 rings (SSSR count). The molecular weight excluding hydrogens is 1000 g/mol. The topological polar surface area (TPSA) is 155 Å². The molecule has 11 nitrogen and oxygen atoms in total. The Morgan fingerprint density at radius 3 is 1.15 bits per heavy atom. The van der Waals surface area contributed by atoms with Crippen molar-refractivity contribution in [2.75, 3.05) is 26.4 Å². The summed E-state index contributed by atoms with van der Waals surface area (Å²) in [7, 11) is -4.79. The first kappa shape index (κ1) is 73.6. The van der Waals surface area contributed by atoms with Gasteiger partial charge in [0.2, 0.25) is 0 Å². The van der Waals surface area contributed by atoms with Gasteiger partial charge in [-0.05, 0) is 122 Å². The van der Waals surface area contributed by atoms with E-state index in [-0.39, 0.29) is 25.9 Å². The summed E-state index contributed by atoms with van der Waals surface area (Å²) in [6.07, 6.45) is 74.2. The second-order valence-corrected chi connectivity index (χ2v) is 20.9. The number of carbonyl (C=O) groups is 3. The van der Waals surface area contributed by atoms with E-state index in [1.165, 1.54) is 25.7 Å². The highest BCUT2D eigenvalue weighted by Crippen LogP contribution is 2.43. The molecule has 0 aliphatic heterocycles. The highest BCUT2D eigenvalue weighted by molar-refractivity contribution is 7.47. The minimum Gasteiger partial charge on any atom is -0.462 e. The second-order valence-electron chi connectivity index (χ2n) is 19.4. The van der Waals surface area contributed by atoms with E-state index >= 15 is 0 Å². The number of hydrogen-bond acceptors (Lipinski definition) is 10. The number of ether oxygens (including phenoxy) is 3. The third-order valence-corrected chi connectivity index (χ3v) is 13.0.